The molecule has 0 spiro atoms. The molecule has 0 bridgehead atoms. The fourth-order valence-electron chi connectivity index (χ4n) is 1.98. The minimum atomic E-state index is -0.206. The Morgan fingerprint density at radius 2 is 2.19 bits per heavy atom. The number of hydrogen-bond acceptors (Lipinski definition) is 3. The second-order valence-electron chi connectivity index (χ2n) is 4.58. The molecule has 0 saturated heterocycles. The molecule has 1 N–H and O–H groups in total. The number of urea groups is 1. The quantitative estimate of drug-likeness (QED) is 0.802. The summed E-state index contributed by atoms with van der Waals surface area (Å²) in [5, 5.41) is 0. The Hall–Kier alpha value is -2.05. The minimum Gasteiger partial charge on any atom is -0.321 e. The van der Waals surface area contributed by atoms with Crippen molar-refractivity contribution in [2.75, 3.05) is 12.5 Å². The van der Waals surface area contributed by atoms with Gasteiger partial charge in [-0.2, -0.15) is 0 Å². The highest BCUT2D eigenvalue weighted by molar-refractivity contribution is 7.16. The molecule has 2 heterocycles. The summed E-state index contributed by atoms with van der Waals surface area (Å²) in [7, 11) is 1.74. The molecule has 7 heteroatoms. The maximum absolute atomic E-state index is 12.2. The van der Waals surface area contributed by atoms with E-state index in [2.05, 4.69) is 10.4 Å². The average Bonchev–Trinajstić information content (AvgIpc) is 3.06. The topological polar surface area (TPSA) is 50.2 Å². The number of halogens is 1. The Kier molecular flexibility index (Phi) is 3.81. The number of rotatable bonds is 3. The van der Waals surface area contributed by atoms with E-state index in [1.54, 1.807) is 23.0 Å². The molecule has 0 saturated carbocycles. The van der Waals surface area contributed by atoms with Crippen molar-refractivity contribution in [3.8, 4) is 0 Å². The number of imidazole rings is 1. The third-order valence-corrected chi connectivity index (χ3v) is 4.25. The van der Waals surface area contributed by atoms with Gasteiger partial charge in [0.2, 0.25) is 0 Å². The van der Waals surface area contributed by atoms with E-state index in [1.807, 2.05) is 36.4 Å². The van der Waals surface area contributed by atoms with Gasteiger partial charge in [-0.25, -0.2) is 19.9 Å². The normalized spacial score (nSPS) is 10.8. The standard InChI is InChI=1S/C14H13ClN4OS/c1-18(8-10-6-7-13(15)21-10)14(20)17-19-9-16-11-4-2-3-5-12(11)19/h2-7,9H,8H2,1H3,(H,17,20). The summed E-state index contributed by atoms with van der Waals surface area (Å²) in [6.07, 6.45) is 1.60. The molecule has 2 aromatic heterocycles. The van der Waals surface area contributed by atoms with Gasteiger partial charge in [-0.1, -0.05) is 23.7 Å². The van der Waals surface area contributed by atoms with E-state index in [-0.39, 0.29) is 6.03 Å². The maximum Gasteiger partial charge on any atom is 0.336 e. The first kappa shape index (κ1) is 13.9. The molecule has 2 amide bonds. The molecule has 0 aliphatic rings. The van der Waals surface area contributed by atoms with E-state index in [0.29, 0.717) is 6.54 Å². The lowest BCUT2D eigenvalue weighted by Gasteiger charge is -2.17. The van der Waals surface area contributed by atoms with Gasteiger partial charge in [0.25, 0.3) is 0 Å². The zero-order valence-electron chi connectivity index (χ0n) is 11.3. The van der Waals surface area contributed by atoms with Crippen LogP contribution in [0.15, 0.2) is 42.7 Å². The van der Waals surface area contributed by atoms with E-state index in [1.165, 1.54) is 11.3 Å². The lowest BCUT2D eigenvalue weighted by atomic mass is 10.3. The number of thiophene rings is 1. The lowest BCUT2D eigenvalue weighted by Crippen LogP contribution is -2.35. The summed E-state index contributed by atoms with van der Waals surface area (Å²) in [6, 6.07) is 11.2. The van der Waals surface area contributed by atoms with Crippen molar-refractivity contribution >= 4 is 40.0 Å². The molecule has 0 fully saturated rings. The van der Waals surface area contributed by atoms with Crippen molar-refractivity contribution in [3.63, 3.8) is 0 Å². The number of hydrogen-bond donors (Lipinski definition) is 1. The first-order valence-corrected chi connectivity index (χ1v) is 7.51. The lowest BCUT2D eigenvalue weighted by molar-refractivity contribution is 0.218. The number of para-hydroxylation sites is 2. The zero-order chi connectivity index (χ0) is 14.8. The van der Waals surface area contributed by atoms with Gasteiger partial charge in [0.05, 0.1) is 21.9 Å². The van der Waals surface area contributed by atoms with Crippen molar-refractivity contribution in [2.45, 2.75) is 6.54 Å². The monoisotopic (exact) mass is 320 g/mol. The van der Waals surface area contributed by atoms with Crippen LogP contribution in [-0.4, -0.2) is 27.6 Å². The van der Waals surface area contributed by atoms with Crippen molar-refractivity contribution < 1.29 is 4.79 Å². The van der Waals surface area contributed by atoms with Crippen LogP contribution >= 0.6 is 22.9 Å². The van der Waals surface area contributed by atoms with E-state index in [9.17, 15) is 4.79 Å². The van der Waals surface area contributed by atoms with Crippen LogP contribution in [0.2, 0.25) is 4.34 Å². The van der Waals surface area contributed by atoms with Crippen LogP contribution in [0.25, 0.3) is 11.0 Å². The van der Waals surface area contributed by atoms with Gasteiger partial charge < -0.3 is 4.90 Å². The van der Waals surface area contributed by atoms with Crippen LogP contribution in [0.5, 0.6) is 0 Å². The summed E-state index contributed by atoms with van der Waals surface area (Å²) in [4.78, 5) is 19.1. The molecular formula is C14H13ClN4OS. The van der Waals surface area contributed by atoms with E-state index < -0.39 is 0 Å². The molecule has 0 atom stereocenters. The Labute approximate surface area is 130 Å². The fourth-order valence-corrected chi connectivity index (χ4v) is 3.12. The zero-order valence-corrected chi connectivity index (χ0v) is 12.9. The second kappa shape index (κ2) is 5.75. The Morgan fingerprint density at radius 3 is 2.95 bits per heavy atom. The molecule has 0 unspecified atom stereocenters. The van der Waals surface area contributed by atoms with Crippen LogP contribution in [0.1, 0.15) is 4.88 Å². The maximum atomic E-state index is 12.2. The number of fused-ring (bicyclic) bond motifs is 1. The molecule has 3 rings (SSSR count). The predicted molar refractivity (Wildman–Crippen MR) is 85.3 cm³/mol. The third kappa shape index (κ3) is 3.01. The third-order valence-electron chi connectivity index (χ3n) is 3.04. The SMILES string of the molecule is CN(Cc1ccc(Cl)s1)C(=O)Nn1cnc2ccccc21. The summed E-state index contributed by atoms with van der Waals surface area (Å²) in [5.74, 6) is 0. The highest BCUT2D eigenvalue weighted by Crippen LogP contribution is 2.22. The molecule has 0 aliphatic heterocycles. The smallest absolute Gasteiger partial charge is 0.321 e. The van der Waals surface area contributed by atoms with E-state index in [4.69, 9.17) is 11.6 Å². The van der Waals surface area contributed by atoms with Gasteiger partial charge in [-0.05, 0) is 24.3 Å². The van der Waals surface area contributed by atoms with Gasteiger partial charge >= 0.3 is 6.03 Å². The van der Waals surface area contributed by atoms with E-state index in [0.717, 1.165) is 20.2 Å². The Bertz CT molecular complexity index is 782. The van der Waals surface area contributed by atoms with E-state index >= 15 is 0 Å². The fraction of sp³-hybridized carbons (Fsp3) is 0.143. The number of carbonyl (C=O) groups excluding carboxylic acids is 1. The number of aromatic nitrogens is 2. The molecule has 0 radical (unpaired) electrons. The minimum absolute atomic E-state index is 0.206. The molecule has 5 nitrogen and oxygen atoms in total. The predicted octanol–water partition coefficient (Wildman–Crippen LogP) is 3.55. The van der Waals surface area contributed by atoms with Crippen LogP contribution in [0.3, 0.4) is 0 Å². The van der Waals surface area contributed by atoms with Crippen molar-refractivity contribution in [1.82, 2.24) is 14.6 Å². The van der Waals surface area contributed by atoms with Crippen LogP contribution in [-0.2, 0) is 6.54 Å². The molecule has 21 heavy (non-hydrogen) atoms. The average molecular weight is 321 g/mol. The number of benzene rings is 1. The number of nitrogens with one attached hydrogen (secondary N) is 1. The van der Waals surface area contributed by atoms with Crippen LogP contribution < -0.4 is 5.43 Å². The van der Waals surface area contributed by atoms with Crippen molar-refractivity contribution in [1.29, 1.82) is 0 Å². The highest BCUT2D eigenvalue weighted by atomic mass is 35.5. The largest absolute Gasteiger partial charge is 0.336 e. The Balaban J connectivity index is 1.70. The summed E-state index contributed by atoms with van der Waals surface area (Å²) in [6.45, 7) is 0.510. The van der Waals surface area contributed by atoms with Crippen LogP contribution in [0.4, 0.5) is 4.79 Å². The highest BCUT2D eigenvalue weighted by Gasteiger charge is 2.12. The number of nitrogens with zero attached hydrogens (tertiary/aromatic N) is 3. The first-order valence-electron chi connectivity index (χ1n) is 6.32. The molecular weight excluding hydrogens is 308 g/mol. The first-order chi connectivity index (χ1) is 10.1. The number of amides is 2. The van der Waals surface area contributed by atoms with Gasteiger partial charge in [0.15, 0.2) is 0 Å². The van der Waals surface area contributed by atoms with Crippen molar-refractivity contribution in [3.05, 3.63) is 51.9 Å². The molecule has 3 aromatic rings. The second-order valence-corrected chi connectivity index (χ2v) is 6.38. The van der Waals surface area contributed by atoms with Gasteiger partial charge in [-0.15, -0.1) is 11.3 Å². The summed E-state index contributed by atoms with van der Waals surface area (Å²) >= 11 is 7.36. The Morgan fingerprint density at radius 1 is 1.38 bits per heavy atom. The molecule has 0 aliphatic carbocycles. The summed E-state index contributed by atoms with van der Waals surface area (Å²) < 4.78 is 2.34. The summed E-state index contributed by atoms with van der Waals surface area (Å²) in [5.41, 5.74) is 4.50. The number of carbonyl (C=O) groups is 1. The van der Waals surface area contributed by atoms with Crippen LogP contribution in [0, 0.1) is 0 Å². The van der Waals surface area contributed by atoms with Gasteiger partial charge in [0.1, 0.15) is 6.33 Å². The van der Waals surface area contributed by atoms with Crippen molar-refractivity contribution in [2.24, 2.45) is 0 Å². The molecule has 108 valence electrons. The van der Waals surface area contributed by atoms with Gasteiger partial charge in [0, 0.05) is 11.9 Å². The molecule has 1 aromatic carbocycles. The van der Waals surface area contributed by atoms with Gasteiger partial charge in [-0.3, -0.25) is 0 Å².